The average molecular weight is 351 g/mol. The maximum atomic E-state index is 13.5. The van der Waals surface area contributed by atoms with Crippen LogP contribution in [-0.4, -0.2) is 66.1 Å². The maximum Gasteiger partial charge on any atom is 0.317 e. The molecule has 0 saturated carbocycles. The zero-order chi connectivity index (χ0) is 18.4. The van der Waals surface area contributed by atoms with Gasteiger partial charge in [0.1, 0.15) is 5.82 Å². The molecule has 0 spiro atoms. The Hall–Kier alpha value is -1.99. The van der Waals surface area contributed by atoms with Crippen molar-refractivity contribution in [3.63, 3.8) is 0 Å². The van der Waals surface area contributed by atoms with Crippen LogP contribution in [0.5, 0.6) is 0 Å². The second-order valence-corrected chi connectivity index (χ2v) is 6.68. The van der Waals surface area contributed by atoms with Gasteiger partial charge in [0.15, 0.2) is 0 Å². The molecule has 1 saturated heterocycles. The SMILES string of the molecule is Cc1ccc(CNC(=O)CN2CCC(N(C)CC(=O)O)CC2)cc1F. The minimum atomic E-state index is -0.822. The number of piperidine rings is 1. The smallest absolute Gasteiger partial charge is 0.317 e. The van der Waals surface area contributed by atoms with E-state index in [0.29, 0.717) is 18.7 Å². The topological polar surface area (TPSA) is 72.9 Å². The largest absolute Gasteiger partial charge is 0.480 e. The highest BCUT2D eigenvalue weighted by Crippen LogP contribution is 2.15. The van der Waals surface area contributed by atoms with E-state index in [1.165, 1.54) is 6.07 Å². The third kappa shape index (κ3) is 6.10. The van der Waals surface area contributed by atoms with E-state index in [0.717, 1.165) is 31.5 Å². The Labute approximate surface area is 147 Å². The summed E-state index contributed by atoms with van der Waals surface area (Å²) in [5, 5.41) is 11.7. The number of halogens is 1. The van der Waals surface area contributed by atoms with E-state index < -0.39 is 5.97 Å². The third-order valence-electron chi connectivity index (χ3n) is 4.66. The van der Waals surface area contributed by atoms with Crippen LogP contribution in [-0.2, 0) is 16.1 Å². The lowest BCUT2D eigenvalue weighted by atomic mass is 10.0. The van der Waals surface area contributed by atoms with E-state index in [2.05, 4.69) is 10.2 Å². The van der Waals surface area contributed by atoms with Crippen LogP contribution in [0.4, 0.5) is 4.39 Å². The van der Waals surface area contributed by atoms with Gasteiger partial charge in [-0.05, 0) is 44.0 Å². The van der Waals surface area contributed by atoms with E-state index in [9.17, 15) is 14.0 Å². The number of amides is 1. The number of carbonyl (C=O) groups excluding carboxylic acids is 1. The number of likely N-dealkylation sites (tertiary alicyclic amines) is 1. The number of likely N-dealkylation sites (N-methyl/N-ethyl adjacent to an activating group) is 1. The van der Waals surface area contributed by atoms with Gasteiger partial charge in [0.25, 0.3) is 0 Å². The summed E-state index contributed by atoms with van der Waals surface area (Å²) in [5.74, 6) is -1.17. The van der Waals surface area contributed by atoms with Crippen molar-refractivity contribution in [2.24, 2.45) is 0 Å². The summed E-state index contributed by atoms with van der Waals surface area (Å²) in [5.41, 5.74) is 1.33. The van der Waals surface area contributed by atoms with Crippen molar-refractivity contribution < 1.29 is 19.1 Å². The summed E-state index contributed by atoms with van der Waals surface area (Å²) < 4.78 is 13.5. The fraction of sp³-hybridized carbons (Fsp3) is 0.556. The number of rotatable bonds is 7. The fourth-order valence-electron chi connectivity index (χ4n) is 3.07. The second-order valence-electron chi connectivity index (χ2n) is 6.68. The quantitative estimate of drug-likeness (QED) is 0.773. The molecule has 0 radical (unpaired) electrons. The molecule has 1 aliphatic heterocycles. The number of nitrogens with zero attached hydrogens (tertiary/aromatic N) is 2. The zero-order valence-corrected chi connectivity index (χ0v) is 14.8. The first-order chi connectivity index (χ1) is 11.8. The molecule has 138 valence electrons. The van der Waals surface area contributed by atoms with Gasteiger partial charge in [-0.25, -0.2) is 4.39 Å². The lowest BCUT2D eigenvalue weighted by Crippen LogP contribution is -2.47. The highest BCUT2D eigenvalue weighted by Gasteiger charge is 2.24. The van der Waals surface area contributed by atoms with Crippen LogP contribution >= 0.6 is 0 Å². The van der Waals surface area contributed by atoms with Gasteiger partial charge in [-0.1, -0.05) is 12.1 Å². The number of hydrogen-bond acceptors (Lipinski definition) is 4. The third-order valence-corrected chi connectivity index (χ3v) is 4.66. The zero-order valence-electron chi connectivity index (χ0n) is 14.8. The van der Waals surface area contributed by atoms with Crippen molar-refractivity contribution in [1.29, 1.82) is 0 Å². The molecule has 2 rings (SSSR count). The molecule has 25 heavy (non-hydrogen) atoms. The van der Waals surface area contributed by atoms with Crippen molar-refractivity contribution in [3.05, 3.63) is 35.1 Å². The monoisotopic (exact) mass is 351 g/mol. The van der Waals surface area contributed by atoms with E-state index >= 15 is 0 Å². The summed E-state index contributed by atoms with van der Waals surface area (Å²) in [6, 6.07) is 5.20. The molecular formula is C18H26FN3O3. The minimum absolute atomic E-state index is 0.0399. The van der Waals surface area contributed by atoms with Crippen LogP contribution < -0.4 is 5.32 Å². The molecular weight excluding hydrogens is 325 g/mol. The number of benzene rings is 1. The van der Waals surface area contributed by atoms with Gasteiger partial charge >= 0.3 is 5.97 Å². The van der Waals surface area contributed by atoms with E-state index in [4.69, 9.17) is 5.11 Å². The summed E-state index contributed by atoms with van der Waals surface area (Å²) >= 11 is 0. The Morgan fingerprint density at radius 3 is 2.64 bits per heavy atom. The van der Waals surface area contributed by atoms with Crippen LogP contribution in [0.3, 0.4) is 0 Å². The van der Waals surface area contributed by atoms with E-state index in [1.54, 1.807) is 13.0 Å². The summed E-state index contributed by atoms with van der Waals surface area (Å²) in [6.45, 7) is 3.90. The molecule has 0 atom stereocenters. The number of aryl methyl sites for hydroxylation is 1. The van der Waals surface area contributed by atoms with Gasteiger partial charge in [-0.15, -0.1) is 0 Å². The first kappa shape index (κ1) is 19.3. The van der Waals surface area contributed by atoms with Crippen molar-refractivity contribution in [1.82, 2.24) is 15.1 Å². The standard InChI is InChI=1S/C18H26FN3O3/c1-13-3-4-14(9-16(13)19)10-20-17(23)11-22-7-5-15(6-8-22)21(2)12-18(24)25/h3-4,9,15H,5-8,10-12H2,1-2H3,(H,20,23)(H,24,25). The Bertz CT molecular complexity index is 616. The number of carboxylic acids is 1. The first-order valence-corrected chi connectivity index (χ1v) is 8.51. The molecule has 1 aromatic carbocycles. The summed E-state index contributed by atoms with van der Waals surface area (Å²) in [6.07, 6.45) is 1.69. The van der Waals surface area contributed by atoms with Crippen LogP contribution in [0.1, 0.15) is 24.0 Å². The Morgan fingerprint density at radius 2 is 2.04 bits per heavy atom. The predicted octanol–water partition coefficient (Wildman–Crippen LogP) is 1.23. The Morgan fingerprint density at radius 1 is 1.36 bits per heavy atom. The van der Waals surface area contributed by atoms with Crippen molar-refractivity contribution in [2.45, 2.75) is 32.4 Å². The molecule has 0 unspecified atom stereocenters. The van der Waals surface area contributed by atoms with Gasteiger partial charge in [0.2, 0.25) is 5.91 Å². The second kappa shape index (κ2) is 8.92. The van der Waals surface area contributed by atoms with Gasteiger partial charge < -0.3 is 10.4 Å². The lowest BCUT2D eigenvalue weighted by molar-refractivity contribution is -0.138. The lowest BCUT2D eigenvalue weighted by Gasteiger charge is -2.35. The summed E-state index contributed by atoms with van der Waals surface area (Å²) in [4.78, 5) is 26.7. The highest BCUT2D eigenvalue weighted by atomic mass is 19.1. The minimum Gasteiger partial charge on any atom is -0.480 e. The number of nitrogens with one attached hydrogen (secondary N) is 1. The molecule has 1 amide bonds. The van der Waals surface area contributed by atoms with Crippen molar-refractivity contribution in [3.8, 4) is 0 Å². The fourth-order valence-corrected chi connectivity index (χ4v) is 3.07. The molecule has 0 aliphatic carbocycles. The van der Waals surface area contributed by atoms with Crippen LogP contribution in [0, 0.1) is 12.7 Å². The predicted molar refractivity (Wildman–Crippen MR) is 92.7 cm³/mol. The number of carboxylic acid groups (broad SMARTS) is 1. The molecule has 1 heterocycles. The molecule has 1 aromatic rings. The van der Waals surface area contributed by atoms with Gasteiger partial charge in [0.05, 0.1) is 13.1 Å². The summed E-state index contributed by atoms with van der Waals surface area (Å²) in [7, 11) is 1.82. The molecule has 2 N–H and O–H groups in total. The highest BCUT2D eigenvalue weighted by molar-refractivity contribution is 5.78. The van der Waals surface area contributed by atoms with E-state index in [-0.39, 0.29) is 24.3 Å². The van der Waals surface area contributed by atoms with Crippen LogP contribution in [0.15, 0.2) is 18.2 Å². The molecule has 1 fully saturated rings. The number of hydrogen-bond donors (Lipinski definition) is 2. The van der Waals surface area contributed by atoms with E-state index in [1.807, 2.05) is 18.0 Å². The van der Waals surface area contributed by atoms with Crippen LogP contribution in [0.25, 0.3) is 0 Å². The first-order valence-electron chi connectivity index (χ1n) is 8.51. The average Bonchev–Trinajstić information content (AvgIpc) is 2.56. The Balaban J connectivity index is 1.71. The normalized spacial score (nSPS) is 16.2. The molecule has 6 nitrogen and oxygen atoms in total. The Kier molecular flexibility index (Phi) is 6.90. The number of carbonyl (C=O) groups is 2. The van der Waals surface area contributed by atoms with Crippen molar-refractivity contribution in [2.75, 3.05) is 33.2 Å². The van der Waals surface area contributed by atoms with Gasteiger partial charge in [-0.2, -0.15) is 0 Å². The van der Waals surface area contributed by atoms with Crippen molar-refractivity contribution >= 4 is 11.9 Å². The maximum absolute atomic E-state index is 13.5. The molecule has 0 bridgehead atoms. The van der Waals surface area contributed by atoms with Gasteiger partial charge in [-0.3, -0.25) is 19.4 Å². The molecule has 1 aliphatic rings. The van der Waals surface area contributed by atoms with Crippen LogP contribution in [0.2, 0.25) is 0 Å². The van der Waals surface area contributed by atoms with Gasteiger partial charge in [0, 0.05) is 25.7 Å². The number of aliphatic carboxylic acids is 1. The molecule has 7 heteroatoms. The molecule has 0 aromatic heterocycles.